The van der Waals surface area contributed by atoms with Crippen molar-refractivity contribution in [3.63, 3.8) is 0 Å². The van der Waals surface area contributed by atoms with E-state index in [0.29, 0.717) is 28.7 Å². The largest absolute Gasteiger partial charge is 0.444 e. The molecule has 0 saturated carbocycles. The molecule has 2 aliphatic heterocycles. The van der Waals surface area contributed by atoms with Crippen molar-refractivity contribution in [1.29, 1.82) is 0 Å². The number of aliphatic imine (C=N–C) groups is 1. The summed E-state index contributed by atoms with van der Waals surface area (Å²) in [6.07, 6.45) is -0.887. The zero-order valence-corrected chi connectivity index (χ0v) is 25.0. The number of hydrogen-bond donors (Lipinski definition) is 0. The molecule has 5 rings (SSSR count). The number of amides is 2. The van der Waals surface area contributed by atoms with Crippen LogP contribution in [-0.4, -0.2) is 68.5 Å². The minimum atomic E-state index is -4.54. The lowest BCUT2D eigenvalue weighted by molar-refractivity contribution is -0.138. The first-order chi connectivity index (χ1) is 19.7. The number of amidine groups is 1. The highest BCUT2D eigenvalue weighted by molar-refractivity contribution is 8.18. The Hall–Kier alpha value is -3.51. The maximum Gasteiger partial charge on any atom is 0.416 e. The van der Waals surface area contributed by atoms with E-state index in [0.717, 1.165) is 23.4 Å². The van der Waals surface area contributed by atoms with Gasteiger partial charge in [0.2, 0.25) is 0 Å². The van der Waals surface area contributed by atoms with Gasteiger partial charge in [0.25, 0.3) is 5.91 Å². The van der Waals surface area contributed by atoms with Crippen molar-refractivity contribution in [3.8, 4) is 0 Å². The summed E-state index contributed by atoms with van der Waals surface area (Å²) in [5, 5.41) is 5.62. The first-order valence-electron chi connectivity index (χ1n) is 13.2. The van der Waals surface area contributed by atoms with Gasteiger partial charge in [-0.1, -0.05) is 23.7 Å². The summed E-state index contributed by atoms with van der Waals surface area (Å²) < 4.78 is 47.6. The van der Waals surface area contributed by atoms with Gasteiger partial charge >= 0.3 is 12.3 Å². The smallest absolute Gasteiger partial charge is 0.416 e. The number of hydrogen-bond acceptors (Lipinski definition) is 6. The highest BCUT2D eigenvalue weighted by Crippen LogP contribution is 2.35. The summed E-state index contributed by atoms with van der Waals surface area (Å²) in [7, 11) is 1.71. The zero-order chi connectivity index (χ0) is 30.4. The fourth-order valence-corrected chi connectivity index (χ4v) is 5.95. The topological polar surface area (TPSA) is 80.0 Å². The molecular formula is C29H29ClF3N5O3S. The molecule has 1 saturated heterocycles. The Morgan fingerprint density at radius 1 is 1.21 bits per heavy atom. The number of halogens is 4. The number of carbonyl (C=O) groups excluding carboxylic acids is 2. The predicted octanol–water partition coefficient (Wildman–Crippen LogP) is 6.67. The van der Waals surface area contributed by atoms with E-state index in [1.54, 1.807) is 36.4 Å². The zero-order valence-electron chi connectivity index (χ0n) is 23.4. The van der Waals surface area contributed by atoms with Crippen molar-refractivity contribution in [2.45, 2.75) is 51.6 Å². The second-order valence-corrected chi connectivity index (χ2v) is 12.7. The van der Waals surface area contributed by atoms with Crippen molar-refractivity contribution in [2.75, 3.05) is 20.1 Å². The molecule has 13 heteroatoms. The maximum absolute atomic E-state index is 13.6. The Morgan fingerprint density at radius 3 is 2.69 bits per heavy atom. The fraction of sp³-hybridized carbons (Fsp3) is 0.379. The Bertz CT molecular complexity index is 1610. The molecule has 2 aromatic carbocycles. The van der Waals surface area contributed by atoms with Crippen LogP contribution >= 0.6 is 23.4 Å². The van der Waals surface area contributed by atoms with Crippen LogP contribution in [0.2, 0.25) is 5.02 Å². The Balaban J connectivity index is 1.27. The number of likely N-dealkylation sites (N-methyl/N-ethyl adjacent to an activating group) is 1. The second kappa shape index (κ2) is 11.3. The van der Waals surface area contributed by atoms with Gasteiger partial charge in [0.05, 0.1) is 34.8 Å². The van der Waals surface area contributed by atoms with E-state index in [-0.39, 0.29) is 35.2 Å². The number of ether oxygens (including phenoxy) is 1. The average molecular weight is 620 g/mol. The molecular weight excluding hydrogens is 591 g/mol. The number of likely N-dealkylation sites (tertiary alicyclic amines) is 1. The van der Waals surface area contributed by atoms with Gasteiger partial charge in [-0.05, 0) is 80.4 Å². The molecule has 3 aromatic rings. The summed E-state index contributed by atoms with van der Waals surface area (Å²) in [4.78, 5) is 33.5. The summed E-state index contributed by atoms with van der Waals surface area (Å²) in [5.41, 5.74) is 0.0621. The number of fused-ring (bicyclic) bond motifs is 1. The van der Waals surface area contributed by atoms with Crippen LogP contribution in [0.25, 0.3) is 17.0 Å². The number of benzene rings is 2. The maximum atomic E-state index is 13.6. The number of alkyl halides is 3. The predicted molar refractivity (Wildman–Crippen MR) is 157 cm³/mol. The molecule has 0 spiro atoms. The molecule has 42 heavy (non-hydrogen) atoms. The third-order valence-electron chi connectivity index (χ3n) is 6.93. The molecule has 1 unspecified atom stereocenters. The van der Waals surface area contributed by atoms with E-state index >= 15 is 0 Å². The summed E-state index contributed by atoms with van der Waals surface area (Å²) >= 11 is 7.08. The lowest BCUT2D eigenvalue weighted by Gasteiger charge is -2.28. The van der Waals surface area contributed by atoms with E-state index < -0.39 is 17.3 Å². The van der Waals surface area contributed by atoms with Gasteiger partial charge in [-0.25, -0.2) is 4.79 Å². The lowest BCUT2D eigenvalue weighted by Crippen LogP contribution is -2.42. The Morgan fingerprint density at radius 2 is 1.98 bits per heavy atom. The summed E-state index contributed by atoms with van der Waals surface area (Å²) in [6, 6.07) is 9.01. The molecule has 1 aromatic heterocycles. The quantitative estimate of drug-likeness (QED) is 0.304. The SMILES string of the molecule is CN(C(=O)OC(C)(C)C)C1CCN(C2=NC(=O)C(=Cc3ccc4c(cnn4Cc4ccc(Cl)cc4C(F)(F)F)c3)S2)C1. The van der Waals surface area contributed by atoms with E-state index in [1.165, 1.54) is 28.6 Å². The van der Waals surface area contributed by atoms with Gasteiger partial charge < -0.3 is 14.5 Å². The number of aromatic nitrogens is 2. The van der Waals surface area contributed by atoms with Gasteiger partial charge in [0.1, 0.15) is 5.60 Å². The van der Waals surface area contributed by atoms with E-state index in [1.807, 2.05) is 31.7 Å². The molecule has 3 heterocycles. The molecule has 0 bridgehead atoms. The fourth-order valence-electron chi connectivity index (χ4n) is 4.83. The summed E-state index contributed by atoms with van der Waals surface area (Å²) in [5.74, 6) is -0.350. The Kier molecular flexibility index (Phi) is 8.06. The van der Waals surface area contributed by atoms with Crippen molar-refractivity contribution in [1.82, 2.24) is 19.6 Å². The second-order valence-electron chi connectivity index (χ2n) is 11.2. The minimum absolute atomic E-state index is 0.0122. The summed E-state index contributed by atoms with van der Waals surface area (Å²) in [6.45, 7) is 6.57. The van der Waals surface area contributed by atoms with Crippen LogP contribution in [0.15, 0.2) is 52.5 Å². The van der Waals surface area contributed by atoms with E-state index in [2.05, 4.69) is 10.1 Å². The monoisotopic (exact) mass is 619 g/mol. The standard InChI is InChI=1S/C29H29ClF3N5O3S/c1-28(2,3)41-27(40)36(4)21-9-10-37(16-21)26-35-25(39)24(42-26)12-17-5-8-23-19(11-17)14-34-38(23)15-18-6-7-20(30)13-22(18)29(31,32)33/h5-8,11-14,21H,9-10,15-16H2,1-4H3. The molecule has 0 aliphatic carbocycles. The van der Waals surface area contributed by atoms with Crippen molar-refractivity contribution >= 4 is 57.5 Å². The molecule has 2 amide bonds. The molecule has 0 N–H and O–H groups in total. The minimum Gasteiger partial charge on any atom is -0.444 e. The molecule has 1 atom stereocenters. The van der Waals surface area contributed by atoms with Gasteiger partial charge in [-0.2, -0.15) is 23.3 Å². The van der Waals surface area contributed by atoms with Crippen LogP contribution in [0, 0.1) is 0 Å². The van der Waals surface area contributed by atoms with Crippen LogP contribution in [0.3, 0.4) is 0 Å². The van der Waals surface area contributed by atoms with E-state index in [4.69, 9.17) is 16.3 Å². The number of thioether (sulfide) groups is 1. The van der Waals surface area contributed by atoms with Gasteiger partial charge in [0.15, 0.2) is 5.17 Å². The van der Waals surface area contributed by atoms with Crippen LogP contribution in [0.1, 0.15) is 43.9 Å². The van der Waals surface area contributed by atoms with Gasteiger partial charge in [-0.15, -0.1) is 0 Å². The van der Waals surface area contributed by atoms with Crippen molar-refractivity contribution in [3.05, 3.63) is 69.2 Å². The molecule has 2 aliphatic rings. The average Bonchev–Trinajstić information content (AvgIpc) is 3.62. The third kappa shape index (κ3) is 6.59. The van der Waals surface area contributed by atoms with Crippen LogP contribution in [0.5, 0.6) is 0 Å². The van der Waals surface area contributed by atoms with E-state index in [9.17, 15) is 22.8 Å². The Labute approximate surface area is 250 Å². The molecule has 1 fully saturated rings. The van der Waals surface area contributed by atoms with Gasteiger partial charge in [0, 0.05) is 30.5 Å². The normalized spacial score (nSPS) is 18.7. The molecule has 8 nitrogen and oxygen atoms in total. The molecule has 0 radical (unpaired) electrons. The van der Waals surface area contributed by atoms with Crippen molar-refractivity contribution < 1.29 is 27.5 Å². The first kappa shape index (κ1) is 30.0. The number of rotatable bonds is 4. The van der Waals surface area contributed by atoms with Crippen LogP contribution in [0.4, 0.5) is 18.0 Å². The van der Waals surface area contributed by atoms with Crippen molar-refractivity contribution in [2.24, 2.45) is 4.99 Å². The van der Waals surface area contributed by atoms with Crippen LogP contribution < -0.4 is 0 Å². The number of carbonyl (C=O) groups is 2. The highest BCUT2D eigenvalue weighted by Gasteiger charge is 2.36. The lowest BCUT2D eigenvalue weighted by atomic mass is 10.1. The molecule has 222 valence electrons. The first-order valence-corrected chi connectivity index (χ1v) is 14.4. The number of nitrogens with zero attached hydrogens (tertiary/aromatic N) is 5. The third-order valence-corrected chi connectivity index (χ3v) is 8.21. The highest BCUT2D eigenvalue weighted by atomic mass is 35.5. The van der Waals surface area contributed by atoms with Crippen LogP contribution in [-0.2, 0) is 22.3 Å². The van der Waals surface area contributed by atoms with Gasteiger partial charge in [-0.3, -0.25) is 9.48 Å².